The van der Waals surface area contributed by atoms with Gasteiger partial charge in [0.2, 0.25) is 0 Å². The lowest BCUT2D eigenvalue weighted by Crippen LogP contribution is -2.10. The van der Waals surface area contributed by atoms with E-state index in [-0.39, 0.29) is 18.1 Å². The van der Waals surface area contributed by atoms with Crippen molar-refractivity contribution in [2.45, 2.75) is 24.7 Å². The van der Waals surface area contributed by atoms with Crippen LogP contribution in [-0.4, -0.2) is 26.7 Å². The molecule has 0 saturated heterocycles. The molecule has 0 aliphatic carbocycles. The molecular weight excluding hydrogens is 228 g/mol. The van der Waals surface area contributed by atoms with Crippen LogP contribution < -0.4 is 0 Å². The lowest BCUT2D eigenvalue weighted by atomic mass is 10.2. The topological polar surface area (TPSA) is 63.6 Å². The summed E-state index contributed by atoms with van der Waals surface area (Å²) in [6.45, 7) is 1.82. The maximum Gasteiger partial charge on any atom is 0.297 e. The second-order valence-corrected chi connectivity index (χ2v) is 4.90. The van der Waals surface area contributed by atoms with Crippen molar-refractivity contribution in [1.82, 2.24) is 0 Å². The smallest absolute Gasteiger partial charge is 0.297 e. The van der Waals surface area contributed by atoms with E-state index in [2.05, 4.69) is 0 Å². The number of aliphatic hydroxyl groups is 1. The van der Waals surface area contributed by atoms with Crippen LogP contribution in [0.25, 0.3) is 0 Å². The Labute approximate surface area is 96.0 Å². The molecule has 0 spiro atoms. The Morgan fingerprint density at radius 1 is 1.31 bits per heavy atom. The van der Waals surface area contributed by atoms with Gasteiger partial charge >= 0.3 is 0 Å². The summed E-state index contributed by atoms with van der Waals surface area (Å²) in [6.07, 6.45) is 0.951. The molecule has 0 amide bonds. The summed E-state index contributed by atoms with van der Waals surface area (Å²) in [5.41, 5.74) is 0.742. The van der Waals surface area contributed by atoms with Gasteiger partial charge < -0.3 is 5.11 Å². The molecule has 0 bridgehead atoms. The van der Waals surface area contributed by atoms with Gasteiger partial charge in [-0.05, 0) is 24.5 Å². The molecule has 0 aliphatic heterocycles. The van der Waals surface area contributed by atoms with Crippen LogP contribution in [0.3, 0.4) is 0 Å². The van der Waals surface area contributed by atoms with Gasteiger partial charge in [0.15, 0.2) is 0 Å². The molecule has 0 atom stereocenters. The molecule has 0 aliphatic rings. The van der Waals surface area contributed by atoms with Gasteiger partial charge in [0.1, 0.15) is 0 Å². The van der Waals surface area contributed by atoms with Crippen molar-refractivity contribution < 1.29 is 17.7 Å². The first-order valence-electron chi connectivity index (χ1n) is 5.20. The van der Waals surface area contributed by atoms with Crippen molar-refractivity contribution >= 4 is 10.1 Å². The van der Waals surface area contributed by atoms with Gasteiger partial charge in [-0.3, -0.25) is 4.18 Å². The van der Waals surface area contributed by atoms with Crippen molar-refractivity contribution in [3.63, 3.8) is 0 Å². The quantitative estimate of drug-likeness (QED) is 0.606. The van der Waals surface area contributed by atoms with Crippen LogP contribution in [0, 0.1) is 0 Å². The van der Waals surface area contributed by atoms with Crippen molar-refractivity contribution in [2.75, 3.05) is 13.2 Å². The van der Waals surface area contributed by atoms with E-state index in [1.807, 2.05) is 6.92 Å². The summed E-state index contributed by atoms with van der Waals surface area (Å²) >= 11 is 0. The molecule has 0 heterocycles. The van der Waals surface area contributed by atoms with Gasteiger partial charge in [-0.2, -0.15) is 8.42 Å². The average Bonchev–Trinajstić information content (AvgIpc) is 2.29. The zero-order chi connectivity index (χ0) is 12.0. The zero-order valence-electron chi connectivity index (χ0n) is 9.22. The van der Waals surface area contributed by atoms with Gasteiger partial charge in [0.05, 0.1) is 11.5 Å². The van der Waals surface area contributed by atoms with E-state index in [0.717, 1.165) is 5.56 Å². The minimum atomic E-state index is -3.69. The molecule has 0 radical (unpaired) electrons. The molecule has 5 heteroatoms. The highest BCUT2D eigenvalue weighted by molar-refractivity contribution is 7.86. The number of hydrogen-bond donors (Lipinski definition) is 1. The fraction of sp³-hybridized carbons (Fsp3) is 0.455. The Morgan fingerprint density at radius 3 is 2.62 bits per heavy atom. The second kappa shape index (κ2) is 5.98. The van der Waals surface area contributed by atoms with Crippen LogP contribution in [0.1, 0.15) is 18.9 Å². The van der Waals surface area contributed by atoms with Crippen LogP contribution in [0.15, 0.2) is 29.2 Å². The number of rotatable bonds is 6. The third kappa shape index (κ3) is 3.30. The van der Waals surface area contributed by atoms with E-state index in [1.165, 1.54) is 6.07 Å². The summed E-state index contributed by atoms with van der Waals surface area (Å²) in [7, 11) is -3.69. The van der Waals surface area contributed by atoms with Crippen LogP contribution in [0.4, 0.5) is 0 Å². The Bertz CT molecular complexity index is 425. The molecular formula is C11H16O4S. The molecule has 1 aromatic carbocycles. The van der Waals surface area contributed by atoms with Crippen LogP contribution in [0.5, 0.6) is 0 Å². The van der Waals surface area contributed by atoms with Crippen LogP contribution in [0.2, 0.25) is 0 Å². The molecule has 1 aromatic rings. The minimum Gasteiger partial charge on any atom is -0.396 e. The summed E-state index contributed by atoms with van der Waals surface area (Å²) in [4.78, 5) is 0.218. The van der Waals surface area contributed by atoms with E-state index in [1.54, 1.807) is 18.2 Å². The third-order valence-electron chi connectivity index (χ3n) is 2.16. The SMILES string of the molecule is CCc1ccccc1S(=O)(=O)OCCCO. The first-order chi connectivity index (χ1) is 7.61. The average molecular weight is 244 g/mol. The standard InChI is InChI=1S/C11H16O4S/c1-2-10-6-3-4-7-11(10)16(13,14)15-9-5-8-12/h3-4,6-7,12H,2,5,8-9H2,1H3. The summed E-state index contributed by atoms with van der Waals surface area (Å²) in [5, 5.41) is 8.56. The summed E-state index contributed by atoms with van der Waals surface area (Å²) < 4.78 is 28.4. The summed E-state index contributed by atoms with van der Waals surface area (Å²) in [5.74, 6) is 0. The molecule has 0 aromatic heterocycles. The Hall–Kier alpha value is -0.910. The van der Waals surface area contributed by atoms with E-state index in [4.69, 9.17) is 9.29 Å². The van der Waals surface area contributed by atoms with Gasteiger partial charge in [0, 0.05) is 6.61 Å². The zero-order valence-corrected chi connectivity index (χ0v) is 10.0. The second-order valence-electron chi connectivity index (χ2n) is 3.31. The number of benzene rings is 1. The lowest BCUT2D eigenvalue weighted by molar-refractivity contribution is 0.236. The molecule has 0 unspecified atom stereocenters. The minimum absolute atomic E-state index is 0.0108. The Balaban J connectivity index is 2.89. The van der Waals surface area contributed by atoms with E-state index in [9.17, 15) is 8.42 Å². The first-order valence-corrected chi connectivity index (χ1v) is 6.61. The monoisotopic (exact) mass is 244 g/mol. The number of hydrogen-bond acceptors (Lipinski definition) is 4. The number of aliphatic hydroxyl groups excluding tert-OH is 1. The highest BCUT2D eigenvalue weighted by atomic mass is 32.2. The van der Waals surface area contributed by atoms with Gasteiger partial charge in [-0.25, -0.2) is 0 Å². The maximum absolute atomic E-state index is 11.8. The maximum atomic E-state index is 11.8. The van der Waals surface area contributed by atoms with Crippen LogP contribution in [-0.2, 0) is 20.7 Å². The largest absolute Gasteiger partial charge is 0.396 e. The van der Waals surface area contributed by atoms with E-state index >= 15 is 0 Å². The first kappa shape index (κ1) is 13.2. The molecule has 0 fully saturated rings. The van der Waals surface area contributed by atoms with Gasteiger partial charge in [-0.15, -0.1) is 0 Å². The lowest BCUT2D eigenvalue weighted by Gasteiger charge is -2.08. The molecule has 1 rings (SSSR count). The fourth-order valence-corrected chi connectivity index (χ4v) is 2.58. The predicted octanol–water partition coefficient (Wildman–Crippen LogP) is 1.34. The van der Waals surface area contributed by atoms with Crippen molar-refractivity contribution in [1.29, 1.82) is 0 Å². The van der Waals surface area contributed by atoms with Gasteiger partial charge in [0.25, 0.3) is 10.1 Å². The van der Waals surface area contributed by atoms with Gasteiger partial charge in [-0.1, -0.05) is 25.1 Å². The molecule has 16 heavy (non-hydrogen) atoms. The van der Waals surface area contributed by atoms with Crippen molar-refractivity contribution in [3.8, 4) is 0 Å². The normalized spacial score (nSPS) is 11.6. The third-order valence-corrected chi connectivity index (χ3v) is 3.58. The highest BCUT2D eigenvalue weighted by Crippen LogP contribution is 2.18. The molecule has 1 N–H and O–H groups in total. The van der Waals surface area contributed by atoms with E-state index < -0.39 is 10.1 Å². The summed E-state index contributed by atoms with van der Waals surface area (Å²) in [6, 6.07) is 6.77. The highest BCUT2D eigenvalue weighted by Gasteiger charge is 2.17. The Morgan fingerprint density at radius 2 is 2.00 bits per heavy atom. The Kier molecular flexibility index (Phi) is 4.92. The molecule has 90 valence electrons. The van der Waals surface area contributed by atoms with Crippen molar-refractivity contribution in [3.05, 3.63) is 29.8 Å². The van der Waals surface area contributed by atoms with Crippen molar-refractivity contribution in [2.24, 2.45) is 0 Å². The predicted molar refractivity (Wildman–Crippen MR) is 60.7 cm³/mol. The fourth-order valence-electron chi connectivity index (χ4n) is 1.34. The van der Waals surface area contributed by atoms with E-state index in [0.29, 0.717) is 12.8 Å². The molecule has 4 nitrogen and oxygen atoms in total. The molecule has 0 saturated carbocycles. The number of aryl methyl sites for hydroxylation is 1. The van der Waals surface area contributed by atoms with Crippen LogP contribution >= 0.6 is 0 Å².